The highest BCUT2D eigenvalue weighted by atomic mass is 19.4. The fourth-order valence-electron chi connectivity index (χ4n) is 2.94. The van der Waals surface area contributed by atoms with Gasteiger partial charge in [0.15, 0.2) is 0 Å². The molecule has 1 atom stereocenters. The van der Waals surface area contributed by atoms with Gasteiger partial charge >= 0.3 is 6.18 Å². The summed E-state index contributed by atoms with van der Waals surface area (Å²) in [4.78, 5) is 0. The van der Waals surface area contributed by atoms with E-state index in [1.165, 1.54) is 18.2 Å². The Morgan fingerprint density at radius 2 is 1.81 bits per heavy atom. The number of alkyl halides is 3. The smallest absolute Gasteiger partial charge is 0.318 e. The summed E-state index contributed by atoms with van der Waals surface area (Å²) in [6.45, 7) is 0. The van der Waals surface area contributed by atoms with Crippen molar-refractivity contribution in [3.63, 3.8) is 0 Å². The van der Waals surface area contributed by atoms with E-state index in [4.69, 9.17) is 5.73 Å². The van der Waals surface area contributed by atoms with Gasteiger partial charge in [0.1, 0.15) is 5.82 Å². The van der Waals surface area contributed by atoms with Crippen molar-refractivity contribution in [3.8, 4) is 0 Å². The number of nitrogens with two attached hydrogens (primary N) is 1. The molecule has 2 aromatic carbocycles. The average molecular weight is 295 g/mol. The predicted molar refractivity (Wildman–Crippen MR) is 71.1 cm³/mol. The highest BCUT2D eigenvalue weighted by molar-refractivity contribution is 5.47. The molecule has 0 saturated carbocycles. The van der Waals surface area contributed by atoms with Gasteiger partial charge in [0.25, 0.3) is 0 Å². The summed E-state index contributed by atoms with van der Waals surface area (Å²) in [6, 6.07) is 9.31. The Balaban J connectivity index is 2.10. The van der Waals surface area contributed by atoms with Crippen molar-refractivity contribution in [2.75, 3.05) is 0 Å². The summed E-state index contributed by atoms with van der Waals surface area (Å²) >= 11 is 0. The lowest BCUT2D eigenvalue weighted by Crippen LogP contribution is -2.35. The van der Waals surface area contributed by atoms with E-state index in [9.17, 15) is 17.6 Å². The highest BCUT2D eigenvalue weighted by Crippen LogP contribution is 2.41. The summed E-state index contributed by atoms with van der Waals surface area (Å²) in [7, 11) is 0. The zero-order valence-electron chi connectivity index (χ0n) is 11.0. The minimum atomic E-state index is -4.41. The zero-order chi connectivity index (χ0) is 15.3. The molecule has 0 heterocycles. The topological polar surface area (TPSA) is 26.0 Å². The van der Waals surface area contributed by atoms with Gasteiger partial charge < -0.3 is 5.73 Å². The van der Waals surface area contributed by atoms with Crippen LogP contribution in [0.4, 0.5) is 17.6 Å². The van der Waals surface area contributed by atoms with Crippen LogP contribution in [0.15, 0.2) is 42.5 Å². The van der Waals surface area contributed by atoms with Crippen LogP contribution in [0.1, 0.15) is 28.7 Å². The van der Waals surface area contributed by atoms with Crippen LogP contribution >= 0.6 is 0 Å². The predicted octanol–water partition coefficient (Wildman–Crippen LogP) is 3.99. The second-order valence-electron chi connectivity index (χ2n) is 5.35. The minimum absolute atomic E-state index is 0.359. The lowest BCUT2D eigenvalue weighted by atomic mass is 9.84. The van der Waals surface area contributed by atoms with Crippen LogP contribution in [0.3, 0.4) is 0 Å². The third kappa shape index (κ3) is 2.31. The van der Waals surface area contributed by atoms with E-state index in [2.05, 4.69) is 0 Å². The molecule has 1 nitrogen and oxygen atoms in total. The Kier molecular flexibility index (Phi) is 3.06. The van der Waals surface area contributed by atoms with Crippen molar-refractivity contribution in [1.29, 1.82) is 0 Å². The third-order valence-electron chi connectivity index (χ3n) is 4.04. The molecule has 0 bridgehead atoms. The Bertz CT molecular complexity index is 693. The average Bonchev–Trinajstić information content (AvgIpc) is 2.76. The van der Waals surface area contributed by atoms with E-state index in [1.54, 1.807) is 12.1 Å². The number of rotatable bonds is 1. The van der Waals surface area contributed by atoms with Gasteiger partial charge in [-0.1, -0.05) is 18.2 Å². The molecule has 0 fully saturated rings. The largest absolute Gasteiger partial charge is 0.416 e. The fourth-order valence-corrected chi connectivity index (χ4v) is 2.94. The van der Waals surface area contributed by atoms with Crippen LogP contribution in [0.2, 0.25) is 0 Å². The van der Waals surface area contributed by atoms with Crippen molar-refractivity contribution in [2.45, 2.75) is 24.6 Å². The fraction of sp³-hybridized carbons (Fsp3) is 0.250. The third-order valence-corrected chi connectivity index (χ3v) is 4.04. The number of aryl methyl sites for hydroxylation is 1. The van der Waals surface area contributed by atoms with Gasteiger partial charge in [0.2, 0.25) is 0 Å². The molecule has 21 heavy (non-hydrogen) atoms. The molecule has 0 aliphatic heterocycles. The van der Waals surface area contributed by atoms with E-state index in [-0.39, 0.29) is 5.82 Å². The molecule has 0 amide bonds. The SMILES string of the molecule is NC1(c2cccc(C(F)(F)F)c2)CCc2cc(F)ccc21. The van der Waals surface area contributed by atoms with Crippen LogP contribution in [0, 0.1) is 5.82 Å². The van der Waals surface area contributed by atoms with Crippen molar-refractivity contribution >= 4 is 0 Å². The summed E-state index contributed by atoms with van der Waals surface area (Å²) in [5.74, 6) is -0.359. The summed E-state index contributed by atoms with van der Waals surface area (Å²) in [5, 5.41) is 0. The molecule has 5 heteroatoms. The number of hydrogen-bond acceptors (Lipinski definition) is 1. The summed E-state index contributed by atoms with van der Waals surface area (Å²) in [6.07, 6.45) is -3.39. The van der Waals surface area contributed by atoms with Gasteiger partial charge in [-0.05, 0) is 53.8 Å². The maximum absolute atomic E-state index is 13.2. The van der Waals surface area contributed by atoms with E-state index < -0.39 is 17.3 Å². The van der Waals surface area contributed by atoms with Crippen molar-refractivity contribution in [3.05, 3.63) is 70.5 Å². The molecule has 0 saturated heterocycles. The van der Waals surface area contributed by atoms with Crippen molar-refractivity contribution in [1.82, 2.24) is 0 Å². The Hall–Kier alpha value is -1.88. The molecule has 0 spiro atoms. The maximum Gasteiger partial charge on any atom is 0.416 e. The monoisotopic (exact) mass is 295 g/mol. The number of benzene rings is 2. The molecule has 1 aliphatic carbocycles. The maximum atomic E-state index is 13.2. The van der Waals surface area contributed by atoms with Gasteiger partial charge in [-0.25, -0.2) is 4.39 Å². The first-order valence-electron chi connectivity index (χ1n) is 6.56. The second kappa shape index (κ2) is 4.56. The first-order valence-corrected chi connectivity index (χ1v) is 6.56. The lowest BCUT2D eigenvalue weighted by Gasteiger charge is -2.27. The van der Waals surface area contributed by atoms with E-state index >= 15 is 0 Å². The van der Waals surface area contributed by atoms with E-state index in [0.29, 0.717) is 24.0 Å². The van der Waals surface area contributed by atoms with Crippen LogP contribution in [-0.4, -0.2) is 0 Å². The standard InChI is InChI=1S/C16H13F4N/c17-13-4-5-14-10(8-13)6-7-15(14,21)11-2-1-3-12(9-11)16(18,19)20/h1-5,8-9H,6-7,21H2. The molecule has 2 aromatic rings. The normalized spacial score (nSPS) is 21.4. The molecule has 2 N–H and O–H groups in total. The first kappa shape index (κ1) is 14.1. The van der Waals surface area contributed by atoms with Crippen molar-refractivity contribution in [2.24, 2.45) is 5.73 Å². The van der Waals surface area contributed by atoms with Crippen LogP contribution in [-0.2, 0) is 18.1 Å². The van der Waals surface area contributed by atoms with Crippen LogP contribution in [0.25, 0.3) is 0 Å². The highest BCUT2D eigenvalue weighted by Gasteiger charge is 2.38. The second-order valence-corrected chi connectivity index (χ2v) is 5.35. The Morgan fingerprint density at radius 3 is 2.52 bits per heavy atom. The molecule has 1 unspecified atom stereocenters. The van der Waals surface area contributed by atoms with Crippen LogP contribution < -0.4 is 5.73 Å². The summed E-state index contributed by atoms with van der Waals surface area (Å²) in [5.41, 5.74) is 6.51. The van der Waals surface area contributed by atoms with Crippen LogP contribution in [0.5, 0.6) is 0 Å². The number of fused-ring (bicyclic) bond motifs is 1. The zero-order valence-corrected chi connectivity index (χ0v) is 11.0. The molecular formula is C16H13F4N. The lowest BCUT2D eigenvalue weighted by molar-refractivity contribution is -0.137. The Labute approximate surface area is 119 Å². The van der Waals surface area contributed by atoms with Crippen molar-refractivity contribution < 1.29 is 17.6 Å². The number of hydrogen-bond donors (Lipinski definition) is 1. The number of halogens is 4. The Morgan fingerprint density at radius 1 is 1.05 bits per heavy atom. The molecule has 3 rings (SSSR count). The van der Waals surface area contributed by atoms with Gasteiger partial charge in [-0.2, -0.15) is 13.2 Å². The van der Waals surface area contributed by atoms with Gasteiger partial charge in [-0.15, -0.1) is 0 Å². The van der Waals surface area contributed by atoms with Gasteiger partial charge in [0, 0.05) is 0 Å². The molecular weight excluding hydrogens is 282 g/mol. The quantitative estimate of drug-likeness (QED) is 0.791. The molecule has 1 aliphatic rings. The summed E-state index contributed by atoms with van der Waals surface area (Å²) < 4.78 is 51.8. The first-order chi connectivity index (χ1) is 9.80. The minimum Gasteiger partial charge on any atom is -0.318 e. The molecule has 0 aromatic heterocycles. The van der Waals surface area contributed by atoms with E-state index in [0.717, 1.165) is 17.7 Å². The molecule has 0 radical (unpaired) electrons. The van der Waals surface area contributed by atoms with Gasteiger partial charge in [0.05, 0.1) is 11.1 Å². The van der Waals surface area contributed by atoms with Gasteiger partial charge in [-0.3, -0.25) is 0 Å². The van der Waals surface area contributed by atoms with E-state index in [1.807, 2.05) is 0 Å². The molecule has 110 valence electrons.